The fourth-order valence-corrected chi connectivity index (χ4v) is 0. The first-order chi connectivity index (χ1) is 6.93. The van der Waals surface area contributed by atoms with E-state index in [1.54, 1.807) is 0 Å². The summed E-state index contributed by atoms with van der Waals surface area (Å²) < 4.78 is 101. The van der Waals surface area contributed by atoms with Crippen LogP contribution in [-0.4, -0.2) is 0 Å². The molecule has 0 amide bonds. The Morgan fingerprint density at radius 1 is 0.294 bits per heavy atom. The topological polar surface area (TPSA) is 277 Å². The van der Waals surface area contributed by atoms with Crippen molar-refractivity contribution in [3.8, 4) is 0 Å². The Morgan fingerprint density at radius 3 is 0.294 bits per heavy atom. The van der Waals surface area contributed by atoms with Crippen molar-refractivity contribution < 1.29 is 119 Å². The van der Waals surface area contributed by atoms with Crippen molar-refractivity contribution in [1.82, 2.24) is 0 Å². The van der Waals surface area contributed by atoms with Crippen molar-refractivity contribution in [3.63, 3.8) is 0 Å². The molecule has 0 aromatic rings. The standard InChI is InChI=1S/4ClO3.Ir/c4*2-1(3)4;/q4*-1;+4. The van der Waals surface area contributed by atoms with Gasteiger partial charge >= 0.3 is 20.1 Å². The van der Waals surface area contributed by atoms with Crippen LogP contribution in [0.4, 0.5) is 0 Å². The molecular weight excluding hydrogens is 526 g/mol. The summed E-state index contributed by atoms with van der Waals surface area (Å²) in [6.07, 6.45) is 0. The first kappa shape index (κ1) is 31.0. The minimum absolute atomic E-state index is 0. The number of hydrogen-bond donors (Lipinski definition) is 0. The van der Waals surface area contributed by atoms with E-state index in [0.717, 1.165) is 0 Å². The van der Waals surface area contributed by atoms with E-state index in [2.05, 4.69) is 0 Å². The van der Waals surface area contributed by atoms with E-state index >= 15 is 0 Å². The molecule has 0 rings (SSSR count). The van der Waals surface area contributed by atoms with Gasteiger partial charge in [0, 0.05) is 0 Å². The van der Waals surface area contributed by atoms with Crippen LogP contribution in [0.1, 0.15) is 0 Å². The maximum absolute atomic E-state index is 8.41. The molecule has 109 valence electrons. The quantitative estimate of drug-likeness (QED) is 0.284. The van der Waals surface area contributed by atoms with Gasteiger partial charge in [0.1, 0.15) is 0 Å². The second-order valence-corrected chi connectivity index (χ2v) is 2.27. The monoisotopic (exact) mass is 525 g/mol. The summed E-state index contributed by atoms with van der Waals surface area (Å²) in [7, 11) is -11.4. The van der Waals surface area contributed by atoms with Crippen molar-refractivity contribution in [2.45, 2.75) is 0 Å². The summed E-state index contributed by atoms with van der Waals surface area (Å²) in [5, 5.41) is 0. The van der Waals surface area contributed by atoms with E-state index in [-0.39, 0.29) is 20.1 Å². The first-order valence-corrected chi connectivity index (χ1v) is 5.55. The maximum Gasteiger partial charge on any atom is 4.00 e. The van der Waals surface area contributed by atoms with Crippen LogP contribution in [0.2, 0.25) is 0 Å². The fourth-order valence-electron chi connectivity index (χ4n) is 0. The van der Waals surface area contributed by atoms with Crippen LogP contribution in [0.5, 0.6) is 0 Å². The number of halogens is 4. The zero-order chi connectivity index (χ0) is 14.3. The largest absolute Gasteiger partial charge is 4.00 e. The Labute approximate surface area is 119 Å². The van der Waals surface area contributed by atoms with Gasteiger partial charge in [-0.25, -0.2) is 0 Å². The van der Waals surface area contributed by atoms with Gasteiger partial charge < -0.3 is 55.9 Å². The van der Waals surface area contributed by atoms with Gasteiger partial charge in [0.25, 0.3) is 0 Å². The zero-order valence-corrected chi connectivity index (χ0v) is 12.2. The SMILES string of the molecule is [Ir+4].[O-][Cl+2]([O-])[O-].[O-][Cl+2]([O-])[O-].[O-][Cl+2]([O-])[O-].[O-][Cl+2]([O-])[O-]. The Balaban J connectivity index is -0.0000000369. The van der Waals surface area contributed by atoms with Gasteiger partial charge in [-0.15, -0.1) is 0 Å². The molecule has 0 aliphatic heterocycles. The van der Waals surface area contributed by atoms with Crippen molar-refractivity contribution in [2.75, 3.05) is 0 Å². The van der Waals surface area contributed by atoms with Gasteiger partial charge in [-0.3, -0.25) is 0 Å². The Kier molecular flexibility index (Phi) is 47.4. The number of rotatable bonds is 0. The molecule has 0 atom stereocenters. The first-order valence-electron chi connectivity index (χ1n) is 1.85. The molecule has 12 nitrogen and oxygen atoms in total. The van der Waals surface area contributed by atoms with E-state index in [1.807, 2.05) is 0 Å². The molecule has 0 bridgehead atoms. The van der Waals surface area contributed by atoms with E-state index in [9.17, 15) is 0 Å². The smallest absolute Gasteiger partial charge is 0.357 e. The molecule has 0 aromatic carbocycles. The average Bonchev–Trinajstić information content (AvgIpc) is 1.76. The molecular formula is Cl4IrO12. The summed E-state index contributed by atoms with van der Waals surface area (Å²) in [5.74, 6) is 0. The molecule has 0 unspecified atom stereocenters. The van der Waals surface area contributed by atoms with Gasteiger partial charge in [0.15, 0.2) is 0 Å². The van der Waals surface area contributed by atoms with Gasteiger partial charge in [-0.2, -0.15) is 0 Å². The Morgan fingerprint density at radius 2 is 0.294 bits per heavy atom. The molecule has 17 heavy (non-hydrogen) atoms. The van der Waals surface area contributed by atoms with Crippen LogP contribution in [-0.2, 0) is 20.1 Å². The van der Waals surface area contributed by atoms with Gasteiger partial charge in [-0.05, 0) is 0 Å². The Hall–Kier alpha value is 1.33. The maximum atomic E-state index is 8.41. The molecule has 0 fully saturated rings. The van der Waals surface area contributed by atoms with Crippen LogP contribution in [0.3, 0.4) is 0 Å². The average molecular weight is 526 g/mol. The third-order valence-corrected chi connectivity index (χ3v) is 0. The van der Waals surface area contributed by atoms with Crippen molar-refractivity contribution in [2.24, 2.45) is 0 Å². The van der Waals surface area contributed by atoms with Crippen molar-refractivity contribution in [1.29, 1.82) is 0 Å². The molecule has 0 aromatic heterocycles. The summed E-state index contributed by atoms with van der Waals surface area (Å²) in [5.41, 5.74) is 0. The molecule has 17 heteroatoms. The van der Waals surface area contributed by atoms with Crippen LogP contribution in [0.25, 0.3) is 0 Å². The molecule has 0 aliphatic rings. The molecule has 0 spiro atoms. The van der Waals surface area contributed by atoms with E-state index in [1.165, 1.54) is 0 Å². The fraction of sp³-hybridized carbons (Fsp3) is 0. The second-order valence-electron chi connectivity index (χ2n) is 0.756. The summed E-state index contributed by atoms with van der Waals surface area (Å²) >= 11 is 0. The van der Waals surface area contributed by atoms with Gasteiger partial charge in [-0.1, -0.05) is 0 Å². The minimum atomic E-state index is -2.85. The van der Waals surface area contributed by atoms with E-state index in [0.29, 0.717) is 0 Å². The van der Waals surface area contributed by atoms with Crippen LogP contribution in [0, 0.1) is 43.1 Å². The molecule has 0 N–H and O–H groups in total. The van der Waals surface area contributed by atoms with Crippen LogP contribution >= 0.6 is 0 Å². The summed E-state index contributed by atoms with van der Waals surface area (Å²) in [6, 6.07) is 0. The van der Waals surface area contributed by atoms with E-state index < -0.39 is 43.1 Å². The van der Waals surface area contributed by atoms with E-state index in [4.69, 9.17) is 55.9 Å². The zero-order valence-electron chi connectivity index (χ0n) is 6.74. The van der Waals surface area contributed by atoms with Crippen molar-refractivity contribution in [3.05, 3.63) is 0 Å². The predicted molar refractivity (Wildman–Crippen MR) is 0 cm³/mol. The molecule has 0 heterocycles. The third kappa shape index (κ3) is 2300. The second kappa shape index (κ2) is 26.0. The third-order valence-electron chi connectivity index (χ3n) is 0. The predicted octanol–water partition coefficient (Wildman–Crippen LogP) is -14.3. The molecule has 0 aliphatic carbocycles. The number of hydrogen-bond acceptors (Lipinski definition) is 12. The summed E-state index contributed by atoms with van der Waals surface area (Å²) in [6.45, 7) is 0. The van der Waals surface area contributed by atoms with Crippen LogP contribution < -0.4 is 55.9 Å². The summed E-state index contributed by atoms with van der Waals surface area (Å²) in [4.78, 5) is 0. The molecule has 0 saturated carbocycles. The van der Waals surface area contributed by atoms with Gasteiger partial charge in [0.05, 0.1) is 43.1 Å². The normalized spacial score (nSPS) is 8.47. The minimum Gasteiger partial charge on any atom is -0.357 e. The molecule has 0 saturated heterocycles. The molecule has 1 radical (unpaired) electrons. The van der Waals surface area contributed by atoms with Crippen molar-refractivity contribution >= 4 is 0 Å². The van der Waals surface area contributed by atoms with Crippen LogP contribution in [0.15, 0.2) is 0 Å². The Bertz CT molecular complexity index is 61.5. The van der Waals surface area contributed by atoms with Gasteiger partial charge in [0.2, 0.25) is 0 Å².